The first-order valence-electron chi connectivity index (χ1n) is 3.76. The van der Waals surface area contributed by atoms with Gasteiger partial charge in [0.15, 0.2) is 0 Å². The zero-order chi connectivity index (χ0) is 8.53. The molecule has 0 aromatic heterocycles. The van der Waals surface area contributed by atoms with Crippen LogP contribution in [0.5, 0.6) is 0 Å². The molecule has 0 aliphatic rings. The summed E-state index contributed by atoms with van der Waals surface area (Å²) >= 11 is 1.98. The molecule has 0 saturated carbocycles. The molecule has 7 radical (unpaired) electrons. The maximum Gasteiger partial charge on any atom is 1.42 e. The normalized spacial score (nSPS) is 7.58. The second-order valence-corrected chi connectivity index (χ2v) is 2.74. The first-order valence-corrected chi connectivity index (χ1v) is 4.76. The molecule has 0 aliphatic carbocycles. The summed E-state index contributed by atoms with van der Waals surface area (Å²) in [7, 11) is 3.75. The Hall–Kier alpha value is 0.426. The number of rotatable bonds is 1. The maximum atomic E-state index is 2.75. The standard InChI is InChI=1S/C7H7.C2H7N.BrH.Mg/c1-7-5-3-2-4-6-7;1-3-2;;/h2-6H,1H2;3H,1-2H3;1H;/q;;;+2. The van der Waals surface area contributed by atoms with Crippen LogP contribution in [-0.2, 0) is 4.55 Å². The van der Waals surface area contributed by atoms with Crippen LogP contribution >= 0.6 is 17.0 Å². The van der Waals surface area contributed by atoms with E-state index in [-0.39, 0.29) is 17.0 Å². The SMILES string of the molecule is Br.CNC.[Mg+2][CH2]c1ccccc1. The first kappa shape index (κ1) is 14.9. The Morgan fingerprint density at radius 3 is 1.83 bits per heavy atom. The lowest BCUT2D eigenvalue weighted by Gasteiger charge is -1.80. The minimum atomic E-state index is 0. The Bertz CT molecular complexity index is 167. The predicted molar refractivity (Wildman–Crippen MR) is 61.2 cm³/mol. The predicted octanol–water partition coefficient (Wildman–Crippen LogP) is 1.77. The van der Waals surface area contributed by atoms with Crippen LogP contribution < -0.4 is 5.32 Å². The highest BCUT2D eigenvalue weighted by Gasteiger charge is 2.22. The number of hydrogen-bond donors (Lipinski definition) is 1. The van der Waals surface area contributed by atoms with Crippen molar-refractivity contribution in [2.75, 3.05) is 14.1 Å². The molecular weight excluding hydrogens is 226 g/mol. The lowest BCUT2D eigenvalue weighted by molar-refractivity contribution is 1.02. The smallest absolute Gasteiger partial charge is 0.323 e. The summed E-state index contributed by atoms with van der Waals surface area (Å²) in [5, 5.41) is 2.75. The highest BCUT2D eigenvalue weighted by Crippen LogP contribution is 1.95. The summed E-state index contributed by atoms with van der Waals surface area (Å²) in [4.78, 5) is 0. The van der Waals surface area contributed by atoms with E-state index in [1.807, 2.05) is 41.9 Å². The third-order valence-electron chi connectivity index (χ3n) is 1.13. The van der Waals surface area contributed by atoms with Gasteiger partial charge < -0.3 is 5.32 Å². The zero-order valence-electron chi connectivity index (χ0n) is 7.71. The fraction of sp³-hybridized carbons (Fsp3) is 0.333. The van der Waals surface area contributed by atoms with Gasteiger partial charge in [-0.25, -0.2) is 0 Å². The van der Waals surface area contributed by atoms with Gasteiger partial charge in [0.05, 0.1) is 0 Å². The van der Waals surface area contributed by atoms with Crippen molar-refractivity contribution in [1.82, 2.24) is 5.32 Å². The van der Waals surface area contributed by atoms with Crippen LogP contribution in [0.15, 0.2) is 30.3 Å². The molecule has 3 heteroatoms. The number of nitrogens with one attached hydrogen (secondary N) is 1. The van der Waals surface area contributed by atoms with Gasteiger partial charge >= 0.3 is 21.7 Å². The van der Waals surface area contributed by atoms with Gasteiger partial charge in [0.2, 0.25) is 0 Å². The average molecular weight is 241 g/mol. The average Bonchev–Trinajstić information content (AvgIpc) is 2.08. The van der Waals surface area contributed by atoms with Crippen LogP contribution in [0.2, 0.25) is 0 Å². The molecule has 1 rings (SSSR count). The van der Waals surface area contributed by atoms with Gasteiger partial charge in [0.1, 0.15) is 0 Å². The van der Waals surface area contributed by atoms with Crippen LogP contribution in [0.25, 0.3) is 0 Å². The Morgan fingerprint density at radius 2 is 1.58 bits per heavy atom. The van der Waals surface area contributed by atoms with Crippen molar-refractivity contribution in [2.45, 2.75) is 4.55 Å². The van der Waals surface area contributed by atoms with E-state index < -0.39 is 0 Å². The van der Waals surface area contributed by atoms with E-state index in [0.717, 1.165) is 0 Å². The highest BCUT2D eigenvalue weighted by atomic mass is 79.9. The largest absolute Gasteiger partial charge is 1.42 e. The molecule has 0 saturated heterocycles. The van der Waals surface area contributed by atoms with E-state index >= 15 is 0 Å². The number of hydrogen-bond acceptors (Lipinski definition) is 1. The van der Waals surface area contributed by atoms with Gasteiger partial charge in [0.25, 0.3) is 4.55 Å². The second-order valence-electron chi connectivity index (χ2n) is 2.24. The van der Waals surface area contributed by atoms with Gasteiger partial charge in [-0.05, 0) is 14.1 Å². The summed E-state index contributed by atoms with van der Waals surface area (Å²) in [5.41, 5.74) is 1.42. The van der Waals surface area contributed by atoms with Crippen molar-refractivity contribution >= 4 is 38.7 Å². The number of benzene rings is 1. The monoisotopic (exact) mass is 240 g/mol. The summed E-state index contributed by atoms with van der Waals surface area (Å²) in [6, 6.07) is 10.5. The molecule has 1 aromatic carbocycles. The van der Waals surface area contributed by atoms with Crippen LogP contribution in [-0.4, -0.2) is 35.8 Å². The highest BCUT2D eigenvalue weighted by molar-refractivity contribution is 8.93. The Kier molecular flexibility index (Phi) is 14.2. The van der Waals surface area contributed by atoms with Crippen LogP contribution in [0, 0.1) is 0 Å². The summed E-state index contributed by atoms with van der Waals surface area (Å²) in [6.45, 7) is 0. The Labute approximate surface area is 98.1 Å². The van der Waals surface area contributed by atoms with Crippen LogP contribution in [0.1, 0.15) is 5.56 Å². The summed E-state index contributed by atoms with van der Waals surface area (Å²) in [5.74, 6) is 0. The Morgan fingerprint density at radius 1 is 1.17 bits per heavy atom. The second kappa shape index (κ2) is 11.4. The molecule has 0 spiro atoms. The van der Waals surface area contributed by atoms with Crippen LogP contribution in [0.3, 0.4) is 0 Å². The van der Waals surface area contributed by atoms with E-state index in [0.29, 0.717) is 0 Å². The molecule has 0 bridgehead atoms. The molecular formula is C9H15BrMgN+2. The van der Waals surface area contributed by atoms with Crippen molar-refractivity contribution in [3.63, 3.8) is 0 Å². The summed E-state index contributed by atoms with van der Waals surface area (Å²) < 4.78 is 1.17. The third-order valence-corrected chi connectivity index (χ3v) is 1.71. The molecule has 0 amide bonds. The van der Waals surface area contributed by atoms with Crippen molar-refractivity contribution in [3.05, 3.63) is 35.9 Å². The third kappa shape index (κ3) is 8.52. The van der Waals surface area contributed by atoms with Gasteiger partial charge in [-0.1, -0.05) is 30.3 Å². The molecule has 1 N–H and O–H groups in total. The van der Waals surface area contributed by atoms with Gasteiger partial charge in [-0.2, -0.15) is 0 Å². The molecule has 1 nitrogen and oxygen atoms in total. The fourth-order valence-electron chi connectivity index (χ4n) is 0.645. The minimum absolute atomic E-state index is 0. The van der Waals surface area contributed by atoms with Crippen molar-refractivity contribution in [3.8, 4) is 0 Å². The quantitative estimate of drug-likeness (QED) is 0.739. The maximum absolute atomic E-state index is 2.75. The Balaban J connectivity index is 0. The molecule has 63 valence electrons. The molecule has 0 aliphatic heterocycles. The van der Waals surface area contributed by atoms with E-state index in [2.05, 4.69) is 29.6 Å². The molecule has 1 aromatic rings. The summed E-state index contributed by atoms with van der Waals surface area (Å²) in [6.07, 6.45) is 0. The lowest BCUT2D eigenvalue weighted by atomic mass is 10.2. The van der Waals surface area contributed by atoms with Crippen molar-refractivity contribution in [1.29, 1.82) is 0 Å². The van der Waals surface area contributed by atoms with E-state index in [1.54, 1.807) is 0 Å². The van der Waals surface area contributed by atoms with Crippen molar-refractivity contribution < 1.29 is 0 Å². The number of halogens is 1. The molecule has 0 fully saturated rings. The van der Waals surface area contributed by atoms with Gasteiger partial charge in [-0.3, -0.25) is 0 Å². The zero-order valence-corrected chi connectivity index (χ0v) is 10.8. The molecule has 0 unspecified atom stereocenters. The molecule has 12 heavy (non-hydrogen) atoms. The van der Waals surface area contributed by atoms with Crippen molar-refractivity contribution in [2.24, 2.45) is 0 Å². The lowest BCUT2D eigenvalue weighted by Crippen LogP contribution is -1.89. The topological polar surface area (TPSA) is 12.0 Å². The minimum Gasteiger partial charge on any atom is -0.323 e. The van der Waals surface area contributed by atoms with E-state index in [4.69, 9.17) is 0 Å². The van der Waals surface area contributed by atoms with Crippen LogP contribution in [0.4, 0.5) is 0 Å². The molecule has 0 heterocycles. The van der Waals surface area contributed by atoms with Gasteiger partial charge in [0, 0.05) is 5.56 Å². The van der Waals surface area contributed by atoms with E-state index in [1.165, 1.54) is 10.1 Å². The van der Waals surface area contributed by atoms with E-state index in [9.17, 15) is 0 Å². The van der Waals surface area contributed by atoms with Gasteiger partial charge in [-0.15, -0.1) is 17.0 Å². The first-order chi connectivity index (χ1) is 5.35. The fourth-order valence-corrected chi connectivity index (χ4v) is 0.978. The molecule has 0 atom stereocenters.